The van der Waals surface area contributed by atoms with Crippen LogP contribution in [0, 0.1) is 17.1 Å². The van der Waals surface area contributed by atoms with Crippen LogP contribution in [0.15, 0.2) is 30.5 Å². The molecule has 5 heteroatoms. The lowest BCUT2D eigenvalue weighted by molar-refractivity contribution is -0.117. The molecule has 2 heterocycles. The highest BCUT2D eigenvalue weighted by Crippen LogP contribution is 2.37. The maximum absolute atomic E-state index is 13.5. The number of amides is 1. The molecule has 1 aromatic heterocycles. The number of nitriles is 1. The van der Waals surface area contributed by atoms with Gasteiger partial charge in [0.25, 0.3) is 0 Å². The van der Waals surface area contributed by atoms with Gasteiger partial charge in [-0.05, 0) is 25.1 Å². The van der Waals surface area contributed by atoms with E-state index in [1.165, 1.54) is 6.07 Å². The molecule has 0 radical (unpaired) electrons. The summed E-state index contributed by atoms with van der Waals surface area (Å²) in [7, 11) is 0. The number of nitrogens with zero attached hydrogens (tertiary/aromatic N) is 2. The van der Waals surface area contributed by atoms with Gasteiger partial charge in [-0.25, -0.2) is 4.39 Å². The van der Waals surface area contributed by atoms with E-state index in [-0.39, 0.29) is 5.91 Å². The Hall–Kier alpha value is -2.74. The molecule has 1 amide bonds. The molecule has 1 atom stereocenters. The van der Waals surface area contributed by atoms with Gasteiger partial charge >= 0.3 is 0 Å². The van der Waals surface area contributed by atoms with Crippen LogP contribution >= 0.6 is 0 Å². The maximum Gasteiger partial charge on any atom is 0.233 e. The van der Waals surface area contributed by atoms with Crippen molar-refractivity contribution >= 4 is 11.6 Å². The highest BCUT2D eigenvalue weighted by molar-refractivity contribution is 6.02. The Labute approximate surface area is 114 Å². The fourth-order valence-corrected chi connectivity index (χ4v) is 2.33. The summed E-state index contributed by atoms with van der Waals surface area (Å²) in [6.45, 7) is 1.72. The molecule has 20 heavy (non-hydrogen) atoms. The topological polar surface area (TPSA) is 65.8 Å². The summed E-state index contributed by atoms with van der Waals surface area (Å²) in [6.07, 6.45) is 1.11. The van der Waals surface area contributed by atoms with E-state index >= 15 is 0 Å². The van der Waals surface area contributed by atoms with Crippen molar-refractivity contribution in [2.45, 2.75) is 12.8 Å². The first-order valence-corrected chi connectivity index (χ1v) is 6.11. The molecule has 2 aromatic rings. The molecule has 4 nitrogen and oxygen atoms in total. The quantitative estimate of drug-likeness (QED) is 0.798. The van der Waals surface area contributed by atoms with Crippen molar-refractivity contribution in [3.8, 4) is 17.2 Å². The van der Waals surface area contributed by atoms with Gasteiger partial charge in [0, 0.05) is 16.8 Å². The average molecular weight is 267 g/mol. The lowest BCUT2D eigenvalue weighted by Crippen LogP contribution is -2.18. The highest BCUT2D eigenvalue weighted by atomic mass is 19.1. The van der Waals surface area contributed by atoms with E-state index in [0.29, 0.717) is 28.1 Å². The molecule has 1 aromatic carbocycles. The number of anilines is 1. The zero-order valence-electron chi connectivity index (χ0n) is 10.6. The van der Waals surface area contributed by atoms with Crippen LogP contribution in [-0.4, -0.2) is 10.9 Å². The molecule has 0 bridgehead atoms. The zero-order valence-corrected chi connectivity index (χ0v) is 10.6. The van der Waals surface area contributed by atoms with Crippen molar-refractivity contribution in [1.29, 1.82) is 5.26 Å². The lowest BCUT2D eigenvalue weighted by Gasteiger charge is -2.09. The van der Waals surface area contributed by atoms with Gasteiger partial charge in [0.1, 0.15) is 5.82 Å². The minimum absolute atomic E-state index is 0.223. The van der Waals surface area contributed by atoms with E-state index < -0.39 is 11.7 Å². The number of aromatic nitrogens is 1. The van der Waals surface area contributed by atoms with Crippen molar-refractivity contribution in [1.82, 2.24) is 4.98 Å². The number of nitrogens with one attached hydrogen (secondary N) is 1. The molecular weight excluding hydrogens is 257 g/mol. The van der Waals surface area contributed by atoms with Gasteiger partial charge in [0.15, 0.2) is 0 Å². The van der Waals surface area contributed by atoms with Crippen molar-refractivity contribution in [2.75, 3.05) is 5.32 Å². The summed E-state index contributed by atoms with van der Waals surface area (Å²) >= 11 is 0. The smallest absolute Gasteiger partial charge is 0.233 e. The Morgan fingerprint density at radius 3 is 2.90 bits per heavy atom. The van der Waals surface area contributed by atoms with E-state index in [9.17, 15) is 9.18 Å². The Balaban J connectivity index is 2.32. The normalized spacial score (nSPS) is 16.4. The fourth-order valence-electron chi connectivity index (χ4n) is 2.33. The zero-order chi connectivity index (χ0) is 14.3. The first kappa shape index (κ1) is 12.3. The predicted octanol–water partition coefficient (Wildman–Crippen LogP) is 2.81. The van der Waals surface area contributed by atoms with E-state index in [2.05, 4.69) is 10.3 Å². The third-order valence-electron chi connectivity index (χ3n) is 3.39. The van der Waals surface area contributed by atoms with Gasteiger partial charge in [-0.3, -0.25) is 9.78 Å². The van der Waals surface area contributed by atoms with Crippen LogP contribution in [0.3, 0.4) is 0 Å². The first-order chi connectivity index (χ1) is 9.60. The van der Waals surface area contributed by atoms with Crippen molar-refractivity contribution in [2.24, 2.45) is 0 Å². The van der Waals surface area contributed by atoms with Crippen LogP contribution in [0.1, 0.15) is 24.1 Å². The molecule has 0 saturated heterocycles. The minimum atomic E-state index is -0.483. The largest absolute Gasteiger partial charge is 0.325 e. The molecule has 98 valence electrons. The van der Waals surface area contributed by atoms with Crippen molar-refractivity contribution < 1.29 is 9.18 Å². The van der Waals surface area contributed by atoms with Gasteiger partial charge in [-0.1, -0.05) is 6.07 Å². The molecule has 0 saturated carbocycles. The fraction of sp³-hybridized carbons (Fsp3) is 0.133. The molecular formula is C15H10FN3O. The summed E-state index contributed by atoms with van der Waals surface area (Å²) < 4.78 is 13.5. The molecule has 0 fully saturated rings. The number of hydrogen-bond acceptors (Lipinski definition) is 3. The number of pyridine rings is 1. The average Bonchev–Trinajstić information content (AvgIpc) is 2.55. The van der Waals surface area contributed by atoms with Gasteiger partial charge in [0.05, 0.1) is 29.4 Å². The summed E-state index contributed by atoms with van der Waals surface area (Å²) in [4.78, 5) is 16.1. The number of fused-ring (bicyclic) bond motifs is 3. The lowest BCUT2D eigenvalue weighted by atomic mass is 9.97. The Morgan fingerprint density at radius 2 is 2.15 bits per heavy atom. The first-order valence-electron chi connectivity index (χ1n) is 6.11. The number of benzene rings is 1. The molecule has 1 aliphatic heterocycles. The molecule has 1 aliphatic rings. The van der Waals surface area contributed by atoms with Crippen LogP contribution in [0.5, 0.6) is 0 Å². The monoisotopic (exact) mass is 267 g/mol. The van der Waals surface area contributed by atoms with Gasteiger partial charge in [0.2, 0.25) is 5.91 Å². The van der Waals surface area contributed by atoms with E-state index in [0.717, 1.165) is 6.20 Å². The second kappa shape index (κ2) is 4.42. The predicted molar refractivity (Wildman–Crippen MR) is 71.4 cm³/mol. The van der Waals surface area contributed by atoms with Gasteiger partial charge in [-0.2, -0.15) is 5.26 Å². The van der Waals surface area contributed by atoms with Crippen LogP contribution in [0.25, 0.3) is 11.1 Å². The second-order valence-electron chi connectivity index (χ2n) is 4.67. The molecule has 1 unspecified atom stereocenters. The van der Waals surface area contributed by atoms with Crippen LogP contribution in [0.2, 0.25) is 0 Å². The maximum atomic E-state index is 13.5. The summed E-state index contributed by atoms with van der Waals surface area (Å²) in [5.41, 5.74) is 2.72. The third-order valence-corrected chi connectivity index (χ3v) is 3.39. The van der Waals surface area contributed by atoms with Crippen LogP contribution in [0.4, 0.5) is 10.1 Å². The number of hydrogen-bond donors (Lipinski definition) is 1. The van der Waals surface area contributed by atoms with E-state index in [1.807, 2.05) is 6.07 Å². The number of rotatable bonds is 0. The summed E-state index contributed by atoms with van der Waals surface area (Å²) in [5.74, 6) is -1.16. The standard InChI is InChI=1S/C15H10FN3O/c1-8-14-12(5-10(16)7-18-14)11-3-2-9(6-17)4-13(11)19-15(8)20/h2-5,7-8H,1H3,(H,19,20). The minimum Gasteiger partial charge on any atom is -0.325 e. The van der Waals surface area contributed by atoms with Gasteiger partial charge < -0.3 is 5.32 Å². The Bertz CT molecular complexity index is 764. The second-order valence-corrected chi connectivity index (χ2v) is 4.67. The molecule has 3 rings (SSSR count). The molecule has 0 aliphatic carbocycles. The number of carbonyl (C=O) groups excluding carboxylic acids is 1. The van der Waals surface area contributed by atoms with Crippen molar-refractivity contribution in [3.63, 3.8) is 0 Å². The van der Waals surface area contributed by atoms with E-state index in [4.69, 9.17) is 5.26 Å². The number of halogens is 1. The van der Waals surface area contributed by atoms with Gasteiger partial charge in [-0.15, -0.1) is 0 Å². The molecule has 1 N–H and O–H groups in total. The SMILES string of the molecule is CC1C(=O)Nc2cc(C#N)ccc2-c2cc(F)cnc21. The molecule has 0 spiro atoms. The number of carbonyl (C=O) groups is 1. The third kappa shape index (κ3) is 1.82. The Kier molecular flexibility index (Phi) is 2.72. The van der Waals surface area contributed by atoms with Crippen LogP contribution < -0.4 is 5.32 Å². The summed E-state index contributed by atoms with van der Waals surface area (Å²) in [6, 6.07) is 8.30. The van der Waals surface area contributed by atoms with Crippen LogP contribution in [-0.2, 0) is 4.79 Å². The highest BCUT2D eigenvalue weighted by Gasteiger charge is 2.27. The summed E-state index contributed by atoms with van der Waals surface area (Å²) in [5, 5.41) is 11.7. The van der Waals surface area contributed by atoms with Crippen molar-refractivity contribution in [3.05, 3.63) is 47.5 Å². The van der Waals surface area contributed by atoms with E-state index in [1.54, 1.807) is 25.1 Å². The Morgan fingerprint density at radius 1 is 1.35 bits per heavy atom.